The molecule has 34 heavy (non-hydrogen) atoms. The average Bonchev–Trinajstić information content (AvgIpc) is 3.28. The van der Waals surface area contributed by atoms with Crippen LogP contribution in [0.3, 0.4) is 0 Å². The van der Waals surface area contributed by atoms with Crippen LogP contribution in [0.15, 0.2) is 42.6 Å². The second-order valence-corrected chi connectivity index (χ2v) is 11.3. The van der Waals surface area contributed by atoms with Crippen LogP contribution in [0.5, 0.6) is 0 Å². The van der Waals surface area contributed by atoms with Crippen LogP contribution in [-0.4, -0.2) is 49.0 Å². The molecule has 1 fully saturated rings. The lowest BCUT2D eigenvalue weighted by Gasteiger charge is -2.31. The average molecular weight is 483 g/mol. The van der Waals surface area contributed by atoms with Gasteiger partial charge >= 0.3 is 0 Å². The van der Waals surface area contributed by atoms with Gasteiger partial charge in [0.25, 0.3) is 5.91 Å². The third-order valence-corrected chi connectivity index (χ3v) is 8.66. The number of aromatic amines is 1. The van der Waals surface area contributed by atoms with Gasteiger partial charge in [0.1, 0.15) is 0 Å². The molecule has 0 unspecified atom stereocenters. The zero-order chi connectivity index (χ0) is 24.3. The van der Waals surface area contributed by atoms with Crippen LogP contribution < -0.4 is 11.1 Å². The third kappa shape index (κ3) is 5.04. The fourth-order valence-electron chi connectivity index (χ4n) is 4.80. The summed E-state index contributed by atoms with van der Waals surface area (Å²) in [6.45, 7) is 6.68. The van der Waals surface area contributed by atoms with Crippen LogP contribution in [0.25, 0.3) is 22.0 Å². The summed E-state index contributed by atoms with van der Waals surface area (Å²) in [5.74, 6) is -0.117. The van der Waals surface area contributed by atoms with Crippen LogP contribution in [0.4, 0.5) is 0 Å². The number of fused-ring (bicyclic) bond motifs is 1. The molecule has 182 valence electrons. The highest BCUT2D eigenvalue weighted by atomic mass is 32.2. The summed E-state index contributed by atoms with van der Waals surface area (Å²) >= 11 is 0. The highest BCUT2D eigenvalue weighted by Gasteiger charge is 2.29. The molecule has 1 saturated heterocycles. The van der Waals surface area contributed by atoms with Crippen molar-refractivity contribution in [2.75, 3.05) is 25.4 Å². The lowest BCUT2D eigenvalue weighted by atomic mass is 9.88. The number of hydrogen-bond donors (Lipinski definition) is 3. The Hall–Kier alpha value is -2.68. The molecule has 0 saturated carbocycles. The van der Waals surface area contributed by atoms with Crippen molar-refractivity contribution in [3.05, 3.63) is 59.3 Å². The fourth-order valence-corrected chi connectivity index (χ4v) is 5.94. The molecule has 2 aromatic carbocycles. The largest absolute Gasteiger partial charge is 0.366 e. The Morgan fingerprint density at radius 2 is 1.82 bits per heavy atom. The van der Waals surface area contributed by atoms with Crippen molar-refractivity contribution in [2.45, 2.75) is 45.6 Å². The quantitative estimate of drug-likeness (QED) is 0.401. The van der Waals surface area contributed by atoms with Crippen molar-refractivity contribution in [2.24, 2.45) is 5.73 Å². The van der Waals surface area contributed by atoms with E-state index in [0.717, 1.165) is 59.9 Å². The first-order valence-corrected chi connectivity index (χ1v) is 13.7. The maximum absolute atomic E-state index is 12.3. The molecular weight excluding hydrogens is 448 g/mol. The van der Waals surface area contributed by atoms with E-state index in [4.69, 9.17) is 5.73 Å². The van der Waals surface area contributed by atoms with Crippen LogP contribution >= 0.6 is 0 Å². The predicted molar refractivity (Wildman–Crippen MR) is 137 cm³/mol. The second kappa shape index (κ2) is 10.3. The third-order valence-electron chi connectivity index (χ3n) is 6.78. The van der Waals surface area contributed by atoms with Gasteiger partial charge in [0, 0.05) is 31.2 Å². The van der Waals surface area contributed by atoms with Crippen LogP contribution in [0.1, 0.15) is 60.5 Å². The molecule has 1 aromatic heterocycles. The Balaban J connectivity index is 1.64. The molecule has 0 bridgehead atoms. The summed E-state index contributed by atoms with van der Waals surface area (Å²) in [4.78, 5) is 15.6. The van der Waals surface area contributed by atoms with Crippen LogP contribution in [-0.2, 0) is 16.6 Å². The Morgan fingerprint density at radius 1 is 1.12 bits per heavy atom. The Labute approximate surface area is 201 Å². The van der Waals surface area contributed by atoms with E-state index in [0.29, 0.717) is 18.7 Å². The summed E-state index contributed by atoms with van der Waals surface area (Å²) < 4.78 is 26.1. The number of aromatic nitrogens is 1. The summed E-state index contributed by atoms with van der Waals surface area (Å²) in [6.07, 6.45) is 4.56. The van der Waals surface area contributed by atoms with E-state index in [-0.39, 0.29) is 11.7 Å². The van der Waals surface area contributed by atoms with E-state index in [1.807, 2.05) is 12.3 Å². The number of nitrogens with two attached hydrogens (primary N) is 1. The zero-order valence-corrected chi connectivity index (χ0v) is 20.7. The highest BCUT2D eigenvalue weighted by molar-refractivity contribution is 7.89. The Kier molecular flexibility index (Phi) is 7.40. The molecule has 3 aromatic rings. The number of rotatable bonds is 9. The number of nitrogens with zero attached hydrogens (tertiary/aromatic N) is 1. The van der Waals surface area contributed by atoms with Gasteiger partial charge in [0.15, 0.2) is 0 Å². The number of carbonyl (C=O) groups is 1. The zero-order valence-electron chi connectivity index (χ0n) is 19.9. The number of piperidine rings is 1. The minimum atomic E-state index is -3.17. The molecule has 1 aliphatic rings. The molecule has 4 N–H and O–H groups in total. The standard InChI is InChI=1S/C26H34N4O3S/c1-3-11-28-16-18-5-7-19(8-6-18)21-14-22-24(17-29-25(22)23(15-21)26(27)31)20-9-12-30(13-10-20)34(32,33)4-2/h5-8,14-15,17,20,28-29H,3-4,9-13,16H2,1-2H3,(H2,27,31). The Morgan fingerprint density at radius 3 is 2.44 bits per heavy atom. The lowest BCUT2D eigenvalue weighted by molar-refractivity contribution is 0.100. The van der Waals surface area contributed by atoms with Gasteiger partial charge in [-0.3, -0.25) is 4.79 Å². The van der Waals surface area contributed by atoms with Gasteiger partial charge in [-0.15, -0.1) is 0 Å². The van der Waals surface area contributed by atoms with Crippen molar-refractivity contribution >= 4 is 26.8 Å². The number of nitrogens with one attached hydrogen (secondary N) is 2. The molecule has 7 nitrogen and oxygen atoms in total. The second-order valence-electron chi connectivity index (χ2n) is 9.00. The van der Waals surface area contributed by atoms with Crippen LogP contribution in [0.2, 0.25) is 0 Å². The minimum absolute atomic E-state index is 0.129. The molecule has 4 rings (SSSR count). The summed E-state index contributed by atoms with van der Waals surface area (Å²) in [5.41, 5.74) is 11.3. The molecule has 0 spiro atoms. The molecule has 1 amide bonds. The van der Waals surface area contributed by atoms with Gasteiger partial charge in [0.05, 0.1) is 16.8 Å². The van der Waals surface area contributed by atoms with Crippen molar-refractivity contribution in [3.63, 3.8) is 0 Å². The summed E-state index contributed by atoms with van der Waals surface area (Å²) in [5, 5.41) is 4.39. The first-order chi connectivity index (χ1) is 16.3. The van der Waals surface area contributed by atoms with Crippen molar-refractivity contribution in [1.29, 1.82) is 0 Å². The summed E-state index contributed by atoms with van der Waals surface area (Å²) in [7, 11) is -3.17. The van der Waals surface area contributed by atoms with E-state index < -0.39 is 15.9 Å². The van der Waals surface area contributed by atoms with E-state index in [9.17, 15) is 13.2 Å². The van der Waals surface area contributed by atoms with Gasteiger partial charge in [-0.05, 0) is 73.0 Å². The summed E-state index contributed by atoms with van der Waals surface area (Å²) in [6, 6.07) is 12.3. The molecule has 0 atom stereocenters. The van der Waals surface area contributed by atoms with E-state index in [2.05, 4.69) is 47.6 Å². The normalized spacial score (nSPS) is 15.7. The van der Waals surface area contributed by atoms with Gasteiger partial charge in [-0.1, -0.05) is 31.2 Å². The smallest absolute Gasteiger partial charge is 0.250 e. The lowest BCUT2D eigenvalue weighted by Crippen LogP contribution is -2.38. The predicted octanol–water partition coefficient (Wildman–Crippen LogP) is 3.96. The van der Waals surface area contributed by atoms with Gasteiger partial charge in [-0.2, -0.15) is 0 Å². The molecular formula is C26H34N4O3S. The van der Waals surface area contributed by atoms with Gasteiger partial charge in [-0.25, -0.2) is 12.7 Å². The maximum atomic E-state index is 12.3. The molecule has 8 heteroatoms. The van der Waals surface area contributed by atoms with Crippen LogP contribution in [0, 0.1) is 0 Å². The SMILES string of the molecule is CCCNCc1ccc(-c2cc(C(N)=O)c3[nH]cc(C4CCN(S(=O)(=O)CC)CC4)c3c2)cc1. The minimum Gasteiger partial charge on any atom is -0.366 e. The fraction of sp³-hybridized carbons (Fsp3) is 0.423. The molecule has 1 aliphatic heterocycles. The number of carbonyl (C=O) groups excluding carboxylic acids is 1. The highest BCUT2D eigenvalue weighted by Crippen LogP contribution is 2.37. The monoisotopic (exact) mass is 482 g/mol. The number of hydrogen-bond acceptors (Lipinski definition) is 4. The van der Waals surface area contributed by atoms with E-state index in [1.54, 1.807) is 11.2 Å². The number of primary amides is 1. The van der Waals surface area contributed by atoms with Crippen molar-refractivity contribution in [3.8, 4) is 11.1 Å². The van der Waals surface area contributed by atoms with Crippen molar-refractivity contribution < 1.29 is 13.2 Å². The van der Waals surface area contributed by atoms with Crippen molar-refractivity contribution in [1.82, 2.24) is 14.6 Å². The Bertz CT molecular complexity index is 1260. The first-order valence-electron chi connectivity index (χ1n) is 12.1. The number of amides is 1. The number of H-pyrrole nitrogens is 1. The van der Waals surface area contributed by atoms with Gasteiger partial charge in [0.2, 0.25) is 10.0 Å². The topological polar surface area (TPSA) is 108 Å². The number of sulfonamides is 1. The molecule has 2 heterocycles. The molecule has 0 aliphatic carbocycles. The van der Waals surface area contributed by atoms with Gasteiger partial charge < -0.3 is 16.0 Å². The number of benzene rings is 2. The van der Waals surface area contributed by atoms with E-state index in [1.165, 1.54) is 5.56 Å². The molecule has 0 radical (unpaired) electrons. The van der Waals surface area contributed by atoms with E-state index >= 15 is 0 Å². The maximum Gasteiger partial charge on any atom is 0.250 e. The first kappa shape index (κ1) is 24.4.